The van der Waals surface area contributed by atoms with E-state index in [-0.39, 0.29) is 12.5 Å². The molecule has 2 nitrogen and oxygen atoms in total. The third-order valence-electron chi connectivity index (χ3n) is 2.62. The van der Waals surface area contributed by atoms with Crippen LogP contribution in [0, 0.1) is 6.92 Å². The van der Waals surface area contributed by atoms with E-state index in [1.807, 2.05) is 19.1 Å². The highest BCUT2D eigenvalue weighted by Crippen LogP contribution is 2.36. The highest BCUT2D eigenvalue weighted by Gasteiger charge is 2.23. The molecule has 0 saturated carbocycles. The van der Waals surface area contributed by atoms with Gasteiger partial charge >= 0.3 is 0 Å². The molecule has 1 unspecified atom stereocenters. The lowest BCUT2D eigenvalue weighted by molar-refractivity contribution is 0.273. The summed E-state index contributed by atoms with van der Waals surface area (Å²) in [5.74, 6) is 0.228. The number of hydrogen-bond acceptors (Lipinski definition) is 2. The molecule has 3 heteroatoms. The van der Waals surface area contributed by atoms with Crippen LogP contribution in [0.4, 0.5) is 5.69 Å². The number of benzene rings is 1. The maximum absolute atomic E-state index is 9.10. The van der Waals surface area contributed by atoms with Gasteiger partial charge in [0.2, 0.25) is 0 Å². The van der Waals surface area contributed by atoms with Crippen LogP contribution in [0.1, 0.15) is 17.0 Å². The molecule has 1 aliphatic heterocycles. The van der Waals surface area contributed by atoms with Gasteiger partial charge in [-0.3, -0.25) is 0 Å². The molecule has 13 heavy (non-hydrogen) atoms. The number of halogens is 1. The lowest BCUT2D eigenvalue weighted by Crippen LogP contribution is -2.05. The molecule has 0 saturated heterocycles. The van der Waals surface area contributed by atoms with Crippen molar-refractivity contribution in [2.75, 3.05) is 18.5 Å². The van der Waals surface area contributed by atoms with Gasteiger partial charge in [-0.2, -0.15) is 0 Å². The zero-order valence-corrected chi connectivity index (χ0v) is 8.23. The Morgan fingerprint density at radius 1 is 1.62 bits per heavy atom. The van der Waals surface area contributed by atoms with Gasteiger partial charge in [0.15, 0.2) is 0 Å². The van der Waals surface area contributed by atoms with Gasteiger partial charge in [-0.15, -0.1) is 0 Å². The second-order valence-corrected chi connectivity index (χ2v) is 3.80. The van der Waals surface area contributed by atoms with Crippen LogP contribution in [-0.4, -0.2) is 18.3 Å². The van der Waals surface area contributed by atoms with Crippen molar-refractivity contribution < 1.29 is 5.11 Å². The van der Waals surface area contributed by atoms with Gasteiger partial charge in [-0.25, -0.2) is 0 Å². The molecule has 0 aliphatic carbocycles. The number of nitrogens with one attached hydrogen (secondary N) is 1. The summed E-state index contributed by atoms with van der Waals surface area (Å²) in [6.07, 6.45) is 0. The van der Waals surface area contributed by atoms with Gasteiger partial charge < -0.3 is 10.4 Å². The topological polar surface area (TPSA) is 32.3 Å². The molecule has 0 aromatic heterocycles. The molecule has 0 amide bonds. The number of anilines is 1. The Balaban J connectivity index is 2.50. The van der Waals surface area contributed by atoms with Gasteiger partial charge in [0.1, 0.15) is 0 Å². The van der Waals surface area contributed by atoms with Crippen LogP contribution < -0.4 is 5.32 Å². The van der Waals surface area contributed by atoms with Gasteiger partial charge in [-0.1, -0.05) is 17.7 Å². The Hall–Kier alpha value is -0.730. The summed E-state index contributed by atoms with van der Waals surface area (Å²) >= 11 is 5.98. The van der Waals surface area contributed by atoms with Crippen LogP contribution in [0.25, 0.3) is 0 Å². The Kier molecular flexibility index (Phi) is 2.18. The van der Waals surface area contributed by atoms with E-state index in [4.69, 9.17) is 16.7 Å². The number of aliphatic hydroxyl groups is 1. The Morgan fingerprint density at radius 3 is 3.08 bits per heavy atom. The maximum atomic E-state index is 9.10. The van der Waals surface area contributed by atoms with Crippen molar-refractivity contribution in [3.05, 3.63) is 28.3 Å². The first-order valence-corrected chi connectivity index (χ1v) is 4.75. The average Bonchev–Trinajstić information content (AvgIpc) is 2.55. The van der Waals surface area contributed by atoms with E-state index >= 15 is 0 Å². The fourth-order valence-corrected chi connectivity index (χ4v) is 1.94. The standard InChI is InChI=1S/C10H12ClNO/c1-6-9(11)3-2-8-7(5-13)4-12-10(6)8/h2-3,7,12-13H,4-5H2,1H3. The molecule has 0 radical (unpaired) electrons. The van der Waals surface area contributed by atoms with E-state index in [9.17, 15) is 0 Å². The molecule has 0 bridgehead atoms. The van der Waals surface area contributed by atoms with E-state index in [0.717, 1.165) is 22.8 Å². The molecule has 1 aromatic rings. The minimum absolute atomic E-state index is 0.196. The summed E-state index contributed by atoms with van der Waals surface area (Å²) in [6, 6.07) is 3.89. The van der Waals surface area contributed by atoms with E-state index in [2.05, 4.69) is 5.32 Å². The molecule has 1 heterocycles. The normalized spacial score (nSPS) is 19.8. The van der Waals surface area contributed by atoms with Crippen molar-refractivity contribution >= 4 is 17.3 Å². The fraction of sp³-hybridized carbons (Fsp3) is 0.400. The molecule has 2 N–H and O–H groups in total. The minimum atomic E-state index is 0.196. The molecule has 1 aromatic carbocycles. The summed E-state index contributed by atoms with van der Waals surface area (Å²) in [7, 11) is 0. The number of fused-ring (bicyclic) bond motifs is 1. The zero-order valence-electron chi connectivity index (χ0n) is 7.47. The fourth-order valence-electron chi connectivity index (χ4n) is 1.78. The predicted molar refractivity (Wildman–Crippen MR) is 54.5 cm³/mol. The van der Waals surface area contributed by atoms with Crippen molar-refractivity contribution in [1.82, 2.24) is 0 Å². The Bertz CT molecular complexity index is 338. The predicted octanol–water partition coefficient (Wildman–Crippen LogP) is 2.15. The Morgan fingerprint density at radius 2 is 2.38 bits per heavy atom. The van der Waals surface area contributed by atoms with Crippen LogP contribution in [0.3, 0.4) is 0 Å². The van der Waals surface area contributed by atoms with Crippen LogP contribution in [0.15, 0.2) is 12.1 Å². The smallest absolute Gasteiger partial charge is 0.0517 e. The second-order valence-electron chi connectivity index (χ2n) is 3.40. The van der Waals surface area contributed by atoms with E-state index in [1.54, 1.807) is 0 Å². The SMILES string of the molecule is Cc1c(Cl)ccc2c1NCC2CO. The molecular weight excluding hydrogens is 186 g/mol. The van der Waals surface area contributed by atoms with Gasteiger partial charge in [0, 0.05) is 23.2 Å². The molecule has 0 fully saturated rings. The van der Waals surface area contributed by atoms with Crippen molar-refractivity contribution in [2.24, 2.45) is 0 Å². The largest absolute Gasteiger partial charge is 0.396 e. The maximum Gasteiger partial charge on any atom is 0.0517 e. The number of rotatable bonds is 1. The highest BCUT2D eigenvalue weighted by atomic mass is 35.5. The summed E-state index contributed by atoms with van der Waals surface area (Å²) in [5, 5.41) is 13.1. The quantitative estimate of drug-likeness (QED) is 0.723. The summed E-state index contributed by atoms with van der Waals surface area (Å²) in [4.78, 5) is 0. The van der Waals surface area contributed by atoms with Crippen molar-refractivity contribution in [3.8, 4) is 0 Å². The first-order valence-electron chi connectivity index (χ1n) is 4.37. The van der Waals surface area contributed by atoms with Gasteiger partial charge in [-0.05, 0) is 24.1 Å². The first kappa shape index (κ1) is 8.85. The lowest BCUT2D eigenvalue weighted by Gasteiger charge is -2.07. The molecule has 1 aliphatic rings. The summed E-state index contributed by atoms with van der Waals surface area (Å²) in [5.41, 5.74) is 3.37. The second kappa shape index (κ2) is 3.20. The molecule has 0 spiro atoms. The minimum Gasteiger partial charge on any atom is -0.396 e. The molecule has 70 valence electrons. The molecule has 2 rings (SSSR count). The van der Waals surface area contributed by atoms with E-state index in [0.29, 0.717) is 0 Å². The third-order valence-corrected chi connectivity index (χ3v) is 3.03. The van der Waals surface area contributed by atoms with Crippen molar-refractivity contribution in [3.63, 3.8) is 0 Å². The number of hydrogen-bond donors (Lipinski definition) is 2. The van der Waals surface area contributed by atoms with Gasteiger partial charge in [0.05, 0.1) is 6.61 Å². The first-order chi connectivity index (χ1) is 6.24. The average molecular weight is 198 g/mol. The monoisotopic (exact) mass is 197 g/mol. The van der Waals surface area contributed by atoms with E-state index < -0.39 is 0 Å². The highest BCUT2D eigenvalue weighted by molar-refractivity contribution is 6.31. The lowest BCUT2D eigenvalue weighted by atomic mass is 10.0. The summed E-state index contributed by atoms with van der Waals surface area (Å²) < 4.78 is 0. The van der Waals surface area contributed by atoms with E-state index in [1.165, 1.54) is 5.56 Å². The summed E-state index contributed by atoms with van der Waals surface area (Å²) in [6.45, 7) is 3.00. The van der Waals surface area contributed by atoms with Gasteiger partial charge in [0.25, 0.3) is 0 Å². The third kappa shape index (κ3) is 1.30. The van der Waals surface area contributed by atoms with Crippen LogP contribution >= 0.6 is 11.6 Å². The zero-order chi connectivity index (χ0) is 9.42. The molecule has 1 atom stereocenters. The van der Waals surface area contributed by atoms with Crippen LogP contribution in [0.2, 0.25) is 5.02 Å². The van der Waals surface area contributed by atoms with Crippen molar-refractivity contribution in [2.45, 2.75) is 12.8 Å². The van der Waals surface area contributed by atoms with Crippen molar-refractivity contribution in [1.29, 1.82) is 0 Å². The Labute approximate surface area is 82.5 Å². The molecular formula is C10H12ClNO. The van der Waals surface area contributed by atoms with Crippen LogP contribution in [0.5, 0.6) is 0 Å². The number of aliphatic hydroxyl groups excluding tert-OH is 1. The van der Waals surface area contributed by atoms with Crippen LogP contribution in [-0.2, 0) is 0 Å².